The van der Waals surface area contributed by atoms with Crippen LogP contribution in [-0.4, -0.2) is 44.0 Å². The summed E-state index contributed by atoms with van der Waals surface area (Å²) in [6.45, 7) is 12.2. The molecule has 0 aromatic carbocycles. The van der Waals surface area contributed by atoms with Gasteiger partial charge in [0.1, 0.15) is 0 Å². The van der Waals surface area contributed by atoms with E-state index >= 15 is 0 Å². The summed E-state index contributed by atoms with van der Waals surface area (Å²) < 4.78 is 11.0. The maximum Gasteiger partial charge on any atom is 0.170 e. The Bertz CT molecular complexity index is 170. The first kappa shape index (κ1) is 10.7. The van der Waals surface area contributed by atoms with Gasteiger partial charge < -0.3 is 9.47 Å². The number of morpholine rings is 1. The van der Waals surface area contributed by atoms with Gasteiger partial charge in [0.25, 0.3) is 0 Å². The zero-order valence-corrected chi connectivity index (χ0v) is 8.58. The van der Waals surface area contributed by atoms with E-state index in [1.807, 2.05) is 6.92 Å². The van der Waals surface area contributed by atoms with Crippen molar-refractivity contribution in [2.45, 2.75) is 20.1 Å². The van der Waals surface area contributed by atoms with E-state index in [4.69, 9.17) is 9.47 Å². The quantitative estimate of drug-likeness (QED) is 0.615. The van der Waals surface area contributed by atoms with Gasteiger partial charge in [-0.3, -0.25) is 4.90 Å². The molecule has 1 heterocycles. The monoisotopic (exact) mass is 185 g/mol. The Hall–Kier alpha value is -0.380. The summed E-state index contributed by atoms with van der Waals surface area (Å²) in [5.41, 5.74) is 1.04. The lowest BCUT2D eigenvalue weighted by Gasteiger charge is -2.31. The highest BCUT2D eigenvalue weighted by molar-refractivity contribution is 4.87. The number of nitrogens with zero attached hydrogens (tertiary/aromatic N) is 1. The van der Waals surface area contributed by atoms with Crippen LogP contribution in [0.5, 0.6) is 0 Å². The molecule has 1 rings (SSSR count). The average Bonchev–Trinajstić information content (AvgIpc) is 2.15. The van der Waals surface area contributed by atoms with Crippen LogP contribution in [0, 0.1) is 0 Å². The van der Waals surface area contributed by atoms with Crippen molar-refractivity contribution in [3.8, 4) is 0 Å². The van der Waals surface area contributed by atoms with Crippen LogP contribution in [0.3, 0.4) is 0 Å². The van der Waals surface area contributed by atoms with Crippen LogP contribution in [0.4, 0.5) is 0 Å². The molecule has 1 unspecified atom stereocenters. The molecule has 0 bridgehead atoms. The van der Waals surface area contributed by atoms with Gasteiger partial charge in [-0.15, -0.1) is 0 Å². The molecular formula is C10H19NO2. The van der Waals surface area contributed by atoms with E-state index in [1.54, 1.807) is 0 Å². The maximum absolute atomic E-state index is 5.51. The maximum atomic E-state index is 5.51. The summed E-state index contributed by atoms with van der Waals surface area (Å²) in [7, 11) is 0. The van der Waals surface area contributed by atoms with Crippen molar-refractivity contribution in [1.82, 2.24) is 4.90 Å². The molecule has 0 aromatic rings. The van der Waals surface area contributed by atoms with Gasteiger partial charge >= 0.3 is 0 Å². The highest BCUT2D eigenvalue weighted by atomic mass is 16.7. The van der Waals surface area contributed by atoms with E-state index in [1.165, 1.54) is 0 Å². The molecule has 0 radical (unpaired) electrons. The summed E-state index contributed by atoms with van der Waals surface area (Å²) >= 11 is 0. The number of rotatable bonds is 4. The predicted molar refractivity (Wildman–Crippen MR) is 52.6 cm³/mol. The molecule has 1 fully saturated rings. The number of ether oxygens (including phenoxy) is 2. The van der Waals surface area contributed by atoms with E-state index in [2.05, 4.69) is 18.4 Å². The van der Waals surface area contributed by atoms with Crippen LogP contribution < -0.4 is 0 Å². The first-order valence-corrected chi connectivity index (χ1v) is 4.82. The number of hydrogen-bond acceptors (Lipinski definition) is 3. The fourth-order valence-electron chi connectivity index (χ4n) is 1.29. The van der Waals surface area contributed by atoms with Gasteiger partial charge in [-0.05, 0) is 13.5 Å². The van der Waals surface area contributed by atoms with Crippen molar-refractivity contribution in [2.24, 2.45) is 0 Å². The van der Waals surface area contributed by atoms with Crippen LogP contribution in [0.1, 0.15) is 13.8 Å². The fraction of sp³-hybridized carbons (Fsp3) is 0.800. The molecule has 76 valence electrons. The zero-order valence-electron chi connectivity index (χ0n) is 8.58. The Morgan fingerprint density at radius 1 is 1.69 bits per heavy atom. The lowest BCUT2D eigenvalue weighted by molar-refractivity contribution is -0.173. The summed E-state index contributed by atoms with van der Waals surface area (Å²) in [5.74, 6) is 0. The fourth-order valence-corrected chi connectivity index (χ4v) is 1.29. The van der Waals surface area contributed by atoms with E-state index in [0.717, 1.165) is 31.8 Å². The second kappa shape index (κ2) is 5.37. The van der Waals surface area contributed by atoms with E-state index in [9.17, 15) is 0 Å². The van der Waals surface area contributed by atoms with Gasteiger partial charge in [0.15, 0.2) is 6.29 Å². The van der Waals surface area contributed by atoms with Crippen LogP contribution in [0.25, 0.3) is 0 Å². The average molecular weight is 185 g/mol. The summed E-state index contributed by atoms with van der Waals surface area (Å²) in [6, 6.07) is 0. The zero-order chi connectivity index (χ0) is 9.68. The molecule has 0 saturated carbocycles. The number of hydrogen-bond donors (Lipinski definition) is 0. The van der Waals surface area contributed by atoms with Crippen molar-refractivity contribution in [1.29, 1.82) is 0 Å². The topological polar surface area (TPSA) is 21.7 Å². The second-order valence-corrected chi connectivity index (χ2v) is 3.46. The van der Waals surface area contributed by atoms with Gasteiger partial charge in [0.05, 0.1) is 13.2 Å². The van der Waals surface area contributed by atoms with Crippen LogP contribution >= 0.6 is 0 Å². The lowest BCUT2D eigenvalue weighted by atomic mass is 10.4. The smallest absolute Gasteiger partial charge is 0.170 e. The van der Waals surface area contributed by atoms with Crippen LogP contribution in [0.15, 0.2) is 12.2 Å². The molecule has 0 N–H and O–H groups in total. The Morgan fingerprint density at radius 3 is 3.08 bits per heavy atom. The molecule has 0 amide bonds. The SMILES string of the molecule is C=C(C)COC1CN(CC)CCO1. The molecule has 0 aliphatic carbocycles. The van der Waals surface area contributed by atoms with Gasteiger partial charge in [-0.25, -0.2) is 0 Å². The van der Waals surface area contributed by atoms with Gasteiger partial charge in [-0.1, -0.05) is 19.1 Å². The predicted octanol–water partition coefficient (Wildman–Crippen LogP) is 1.26. The van der Waals surface area contributed by atoms with E-state index < -0.39 is 0 Å². The summed E-state index contributed by atoms with van der Waals surface area (Å²) in [4.78, 5) is 2.33. The van der Waals surface area contributed by atoms with Crippen molar-refractivity contribution in [3.05, 3.63) is 12.2 Å². The third-order valence-corrected chi connectivity index (χ3v) is 2.08. The Balaban J connectivity index is 2.21. The molecule has 3 heteroatoms. The first-order valence-electron chi connectivity index (χ1n) is 4.82. The van der Waals surface area contributed by atoms with Crippen molar-refractivity contribution in [2.75, 3.05) is 32.8 Å². The van der Waals surface area contributed by atoms with Gasteiger partial charge in [0.2, 0.25) is 0 Å². The first-order chi connectivity index (χ1) is 6.22. The lowest BCUT2D eigenvalue weighted by Crippen LogP contribution is -2.43. The molecule has 3 nitrogen and oxygen atoms in total. The van der Waals surface area contributed by atoms with Gasteiger partial charge in [-0.2, -0.15) is 0 Å². The Morgan fingerprint density at radius 2 is 2.46 bits per heavy atom. The molecule has 1 aliphatic heterocycles. The highest BCUT2D eigenvalue weighted by Gasteiger charge is 2.19. The standard InChI is InChI=1S/C10H19NO2/c1-4-11-5-6-12-10(7-11)13-8-9(2)3/h10H,2,4-8H2,1,3H3. The molecular weight excluding hydrogens is 166 g/mol. The Labute approximate surface area is 80.3 Å². The third kappa shape index (κ3) is 3.89. The molecule has 0 aromatic heterocycles. The number of likely N-dealkylation sites (N-methyl/N-ethyl adjacent to an activating group) is 1. The van der Waals surface area contributed by atoms with Crippen molar-refractivity contribution < 1.29 is 9.47 Å². The highest BCUT2D eigenvalue weighted by Crippen LogP contribution is 2.06. The normalized spacial score (nSPS) is 24.6. The minimum Gasteiger partial charge on any atom is -0.350 e. The van der Waals surface area contributed by atoms with E-state index in [-0.39, 0.29) is 6.29 Å². The minimum absolute atomic E-state index is 0.0644. The molecule has 1 saturated heterocycles. The third-order valence-electron chi connectivity index (χ3n) is 2.08. The summed E-state index contributed by atoms with van der Waals surface area (Å²) in [6.07, 6.45) is -0.0644. The molecule has 13 heavy (non-hydrogen) atoms. The van der Waals surface area contributed by atoms with Crippen molar-refractivity contribution in [3.63, 3.8) is 0 Å². The van der Waals surface area contributed by atoms with Crippen LogP contribution in [-0.2, 0) is 9.47 Å². The van der Waals surface area contributed by atoms with Crippen LogP contribution in [0.2, 0.25) is 0 Å². The second-order valence-electron chi connectivity index (χ2n) is 3.46. The molecule has 1 atom stereocenters. The van der Waals surface area contributed by atoms with Crippen molar-refractivity contribution >= 4 is 0 Å². The molecule has 1 aliphatic rings. The minimum atomic E-state index is -0.0644. The largest absolute Gasteiger partial charge is 0.350 e. The summed E-state index contributed by atoms with van der Waals surface area (Å²) in [5, 5.41) is 0. The van der Waals surface area contributed by atoms with Gasteiger partial charge in [0, 0.05) is 13.1 Å². The Kier molecular flexibility index (Phi) is 4.42. The molecule has 0 spiro atoms. The van der Waals surface area contributed by atoms with E-state index in [0.29, 0.717) is 6.61 Å².